The number of nitrogens with zero attached hydrogens (tertiary/aromatic N) is 2. The Hall–Kier alpha value is -1.30. The maximum Gasteiger partial charge on any atom is 0.410 e. The molecular weight excluding hydrogens is 332 g/mol. The summed E-state index contributed by atoms with van der Waals surface area (Å²) in [6, 6.07) is 0. The van der Waals surface area contributed by atoms with Gasteiger partial charge in [0.1, 0.15) is 5.60 Å². The normalized spacial score (nSPS) is 22.9. The Morgan fingerprint density at radius 2 is 1.77 bits per heavy atom. The van der Waals surface area contributed by atoms with E-state index in [0.717, 1.165) is 64.8 Å². The van der Waals surface area contributed by atoms with Gasteiger partial charge in [0.15, 0.2) is 0 Å². The van der Waals surface area contributed by atoms with E-state index >= 15 is 0 Å². The fraction of sp³-hybridized carbons (Fsp3) is 0.900. The van der Waals surface area contributed by atoms with Crippen LogP contribution in [0.15, 0.2) is 0 Å². The second kappa shape index (κ2) is 9.58. The molecule has 2 fully saturated rings. The van der Waals surface area contributed by atoms with Gasteiger partial charge in [-0.25, -0.2) is 4.79 Å². The van der Waals surface area contributed by atoms with Gasteiger partial charge < -0.3 is 19.3 Å². The molecule has 2 saturated heterocycles. The van der Waals surface area contributed by atoms with E-state index in [4.69, 9.17) is 9.47 Å². The summed E-state index contributed by atoms with van der Waals surface area (Å²) in [6.45, 7) is 12.5. The molecule has 2 heterocycles. The Labute approximate surface area is 158 Å². The first kappa shape index (κ1) is 21.0. The predicted octanol–water partition coefficient (Wildman–Crippen LogP) is 3.30. The first-order chi connectivity index (χ1) is 12.3. The molecule has 26 heavy (non-hydrogen) atoms. The number of ether oxygens (including phenoxy) is 2. The second-order valence-corrected chi connectivity index (χ2v) is 8.59. The van der Waals surface area contributed by atoms with Crippen LogP contribution in [0.5, 0.6) is 0 Å². The van der Waals surface area contributed by atoms with E-state index in [2.05, 4.69) is 4.90 Å². The Balaban J connectivity index is 1.68. The molecule has 6 heteroatoms. The van der Waals surface area contributed by atoms with E-state index < -0.39 is 5.60 Å². The summed E-state index contributed by atoms with van der Waals surface area (Å²) < 4.78 is 10.6. The highest BCUT2D eigenvalue weighted by atomic mass is 16.6. The van der Waals surface area contributed by atoms with Gasteiger partial charge in [-0.2, -0.15) is 0 Å². The fourth-order valence-electron chi connectivity index (χ4n) is 3.81. The lowest BCUT2D eigenvalue weighted by molar-refractivity contribution is -0.149. The first-order valence-electron chi connectivity index (χ1n) is 10.2. The fourth-order valence-corrected chi connectivity index (χ4v) is 3.81. The average Bonchev–Trinajstić information content (AvgIpc) is 2.59. The van der Waals surface area contributed by atoms with Crippen molar-refractivity contribution in [1.82, 2.24) is 9.80 Å². The molecule has 0 radical (unpaired) electrons. The van der Waals surface area contributed by atoms with Gasteiger partial charge in [-0.15, -0.1) is 0 Å². The van der Waals surface area contributed by atoms with E-state index in [0.29, 0.717) is 12.5 Å². The van der Waals surface area contributed by atoms with Crippen LogP contribution in [0, 0.1) is 11.8 Å². The largest absolute Gasteiger partial charge is 0.466 e. The maximum absolute atomic E-state index is 12.1. The molecule has 0 aliphatic carbocycles. The summed E-state index contributed by atoms with van der Waals surface area (Å²) in [7, 11) is 0. The van der Waals surface area contributed by atoms with Crippen LogP contribution in [0.3, 0.4) is 0 Å². The van der Waals surface area contributed by atoms with E-state index in [1.165, 1.54) is 0 Å². The lowest BCUT2D eigenvalue weighted by Crippen LogP contribution is -2.43. The summed E-state index contributed by atoms with van der Waals surface area (Å²) in [5.41, 5.74) is -0.433. The summed E-state index contributed by atoms with van der Waals surface area (Å²) in [5, 5.41) is 0. The molecule has 2 aliphatic heterocycles. The van der Waals surface area contributed by atoms with Crippen LogP contribution in [0.25, 0.3) is 0 Å². The summed E-state index contributed by atoms with van der Waals surface area (Å²) in [6.07, 6.45) is 5.04. The van der Waals surface area contributed by atoms with Crippen molar-refractivity contribution in [1.29, 1.82) is 0 Å². The second-order valence-electron chi connectivity index (χ2n) is 8.59. The van der Waals surface area contributed by atoms with Crippen molar-refractivity contribution in [2.45, 2.75) is 65.4 Å². The summed E-state index contributed by atoms with van der Waals surface area (Å²) in [5.74, 6) is 0.650. The molecule has 150 valence electrons. The highest BCUT2D eigenvalue weighted by molar-refractivity contribution is 5.72. The molecule has 0 aromatic carbocycles. The van der Waals surface area contributed by atoms with Gasteiger partial charge in [0.2, 0.25) is 0 Å². The quantitative estimate of drug-likeness (QED) is 0.697. The van der Waals surface area contributed by atoms with Crippen LogP contribution in [-0.4, -0.2) is 66.8 Å². The number of amides is 1. The lowest BCUT2D eigenvalue weighted by atomic mass is 9.92. The van der Waals surface area contributed by atoms with E-state index in [-0.39, 0.29) is 18.0 Å². The zero-order valence-corrected chi connectivity index (χ0v) is 17.0. The number of carbonyl (C=O) groups excluding carboxylic acids is 2. The summed E-state index contributed by atoms with van der Waals surface area (Å²) in [4.78, 5) is 28.3. The van der Waals surface area contributed by atoms with Crippen LogP contribution >= 0.6 is 0 Å². The predicted molar refractivity (Wildman–Crippen MR) is 101 cm³/mol. The number of esters is 1. The highest BCUT2D eigenvalue weighted by Crippen LogP contribution is 2.24. The number of rotatable bonds is 5. The van der Waals surface area contributed by atoms with Gasteiger partial charge in [0, 0.05) is 19.6 Å². The van der Waals surface area contributed by atoms with Crippen molar-refractivity contribution in [2.24, 2.45) is 11.8 Å². The standard InChI is InChI=1S/C20H36N2O4/c1-5-25-18(23)17-7-6-11-21(15-17)12-8-16-9-13-22(14-10-16)19(24)26-20(2,3)4/h16-17H,5-15H2,1-4H3. The minimum atomic E-state index is -0.433. The number of hydrogen-bond donors (Lipinski definition) is 0. The lowest BCUT2D eigenvalue weighted by Gasteiger charge is -2.35. The molecule has 0 saturated carbocycles. The number of carbonyl (C=O) groups is 2. The molecule has 0 bridgehead atoms. The Morgan fingerprint density at radius 3 is 2.38 bits per heavy atom. The van der Waals surface area contributed by atoms with Crippen molar-refractivity contribution in [2.75, 3.05) is 39.3 Å². The SMILES string of the molecule is CCOC(=O)C1CCCN(CCC2CCN(C(=O)OC(C)(C)C)CC2)C1. The first-order valence-corrected chi connectivity index (χ1v) is 10.2. The van der Waals surface area contributed by atoms with Crippen LogP contribution in [-0.2, 0) is 14.3 Å². The molecule has 6 nitrogen and oxygen atoms in total. The third-order valence-electron chi connectivity index (χ3n) is 5.25. The van der Waals surface area contributed by atoms with Crippen LogP contribution in [0.4, 0.5) is 4.79 Å². The zero-order chi connectivity index (χ0) is 19.2. The van der Waals surface area contributed by atoms with Gasteiger partial charge in [0.25, 0.3) is 0 Å². The van der Waals surface area contributed by atoms with Crippen molar-refractivity contribution in [3.8, 4) is 0 Å². The Bertz CT molecular complexity index is 467. The van der Waals surface area contributed by atoms with E-state index in [1.54, 1.807) is 0 Å². The molecule has 1 amide bonds. The third-order valence-corrected chi connectivity index (χ3v) is 5.25. The summed E-state index contributed by atoms with van der Waals surface area (Å²) >= 11 is 0. The topological polar surface area (TPSA) is 59.1 Å². The highest BCUT2D eigenvalue weighted by Gasteiger charge is 2.29. The van der Waals surface area contributed by atoms with Crippen molar-refractivity contribution < 1.29 is 19.1 Å². The molecule has 1 atom stereocenters. The van der Waals surface area contributed by atoms with E-state index in [1.807, 2.05) is 32.6 Å². The monoisotopic (exact) mass is 368 g/mol. The number of hydrogen-bond acceptors (Lipinski definition) is 5. The van der Waals surface area contributed by atoms with Crippen molar-refractivity contribution >= 4 is 12.1 Å². The molecule has 2 aliphatic rings. The molecule has 1 unspecified atom stereocenters. The molecule has 0 aromatic heterocycles. The Kier molecular flexibility index (Phi) is 7.74. The Morgan fingerprint density at radius 1 is 1.08 bits per heavy atom. The maximum atomic E-state index is 12.1. The van der Waals surface area contributed by atoms with Crippen LogP contribution in [0.2, 0.25) is 0 Å². The zero-order valence-electron chi connectivity index (χ0n) is 17.0. The van der Waals surface area contributed by atoms with Gasteiger partial charge in [-0.05, 0) is 78.8 Å². The van der Waals surface area contributed by atoms with Gasteiger partial charge in [-0.1, -0.05) is 0 Å². The molecular formula is C20H36N2O4. The molecule has 0 spiro atoms. The third kappa shape index (κ3) is 6.78. The van der Waals surface area contributed by atoms with Crippen LogP contribution in [0.1, 0.15) is 59.8 Å². The van der Waals surface area contributed by atoms with Gasteiger partial charge >= 0.3 is 12.1 Å². The van der Waals surface area contributed by atoms with Crippen LogP contribution < -0.4 is 0 Å². The molecule has 0 N–H and O–H groups in total. The van der Waals surface area contributed by atoms with Crippen molar-refractivity contribution in [3.05, 3.63) is 0 Å². The average molecular weight is 369 g/mol. The van der Waals surface area contributed by atoms with E-state index in [9.17, 15) is 9.59 Å². The minimum absolute atomic E-state index is 0.0390. The van der Waals surface area contributed by atoms with Crippen molar-refractivity contribution in [3.63, 3.8) is 0 Å². The molecule has 0 aromatic rings. The van der Waals surface area contributed by atoms with Gasteiger partial charge in [0.05, 0.1) is 12.5 Å². The minimum Gasteiger partial charge on any atom is -0.466 e. The number of piperidine rings is 2. The van der Waals surface area contributed by atoms with Gasteiger partial charge in [-0.3, -0.25) is 4.79 Å². The number of likely N-dealkylation sites (tertiary alicyclic amines) is 2. The smallest absolute Gasteiger partial charge is 0.410 e. The molecule has 2 rings (SSSR count).